The molecule has 0 radical (unpaired) electrons. The Morgan fingerprint density at radius 1 is 0.182 bits per heavy atom. The summed E-state index contributed by atoms with van der Waals surface area (Å²) in [5.74, 6) is 0. The van der Waals surface area contributed by atoms with E-state index in [1.807, 2.05) is 22.7 Å². The first-order chi connectivity index (χ1) is 54.5. The van der Waals surface area contributed by atoms with Gasteiger partial charge >= 0.3 is 0 Å². The van der Waals surface area contributed by atoms with Crippen LogP contribution in [0.1, 0.15) is 44.5 Å². The van der Waals surface area contributed by atoms with Crippen molar-refractivity contribution in [3.05, 3.63) is 445 Å². The van der Waals surface area contributed by atoms with Gasteiger partial charge in [-0.25, -0.2) is 0 Å². The quantitative estimate of drug-likeness (QED) is 0.127. The molecule has 23 rings (SSSR count). The summed E-state index contributed by atoms with van der Waals surface area (Å²) in [5.41, 5.74) is 30.1. The van der Waals surface area contributed by atoms with Crippen molar-refractivity contribution < 1.29 is 0 Å². The number of rotatable bonds is 11. The van der Waals surface area contributed by atoms with Gasteiger partial charge in [0.2, 0.25) is 0 Å². The van der Waals surface area contributed by atoms with Crippen LogP contribution in [0.25, 0.3) is 129 Å². The molecule has 2 heterocycles. The largest absolute Gasteiger partial charge is 0.309 e. The zero-order valence-corrected chi connectivity index (χ0v) is 61.4. The molecule has 2 nitrogen and oxygen atoms in total. The summed E-state index contributed by atoms with van der Waals surface area (Å²) in [7, 11) is 0. The maximum absolute atomic E-state index is 2.56. The van der Waals surface area contributed by atoms with Crippen LogP contribution in [0.3, 0.4) is 0 Å². The predicted molar refractivity (Wildman–Crippen MR) is 467 cm³/mol. The molecule has 4 heteroatoms. The lowest BCUT2D eigenvalue weighted by molar-refractivity contribution is 0.768. The van der Waals surface area contributed by atoms with Gasteiger partial charge in [0.15, 0.2) is 0 Å². The van der Waals surface area contributed by atoms with Crippen LogP contribution in [-0.4, -0.2) is 0 Å². The molecule has 110 heavy (non-hydrogen) atoms. The van der Waals surface area contributed by atoms with Gasteiger partial charge in [-0.05, 0) is 196 Å². The third-order valence-electron chi connectivity index (χ3n) is 24.1. The minimum atomic E-state index is -0.657. The highest BCUT2D eigenvalue weighted by Gasteiger charge is 2.52. The first-order valence-corrected chi connectivity index (χ1v) is 39.6. The van der Waals surface area contributed by atoms with E-state index >= 15 is 0 Å². The Bertz CT molecular complexity index is 7110. The Morgan fingerprint density at radius 2 is 0.527 bits per heavy atom. The van der Waals surface area contributed by atoms with Crippen LogP contribution >= 0.6 is 22.7 Å². The van der Waals surface area contributed by atoms with Crippen molar-refractivity contribution in [2.45, 2.75) is 10.8 Å². The van der Waals surface area contributed by atoms with E-state index in [0.29, 0.717) is 0 Å². The average Bonchev–Trinajstić information content (AvgIpc) is 1.50. The summed E-state index contributed by atoms with van der Waals surface area (Å²) in [6.07, 6.45) is 0. The van der Waals surface area contributed by atoms with Crippen LogP contribution in [-0.2, 0) is 10.8 Å². The molecule has 0 bridgehead atoms. The van der Waals surface area contributed by atoms with Crippen LogP contribution < -0.4 is 9.80 Å². The van der Waals surface area contributed by atoms with Crippen molar-refractivity contribution in [2.75, 3.05) is 9.80 Å². The van der Waals surface area contributed by atoms with E-state index in [9.17, 15) is 0 Å². The molecule has 0 N–H and O–H groups in total. The summed E-state index contributed by atoms with van der Waals surface area (Å²) in [6.45, 7) is 0. The molecule has 3 aliphatic carbocycles. The van der Waals surface area contributed by atoms with E-state index in [2.05, 4.69) is 410 Å². The molecular weight excluding hydrogens is 1370 g/mol. The fraction of sp³-hybridized carbons (Fsp3) is 0.0189. The van der Waals surface area contributed by atoms with E-state index in [4.69, 9.17) is 0 Å². The molecule has 0 amide bonds. The third-order valence-corrected chi connectivity index (χ3v) is 26.4. The van der Waals surface area contributed by atoms with Gasteiger partial charge in [-0.1, -0.05) is 315 Å². The second kappa shape index (κ2) is 24.5. The van der Waals surface area contributed by atoms with E-state index < -0.39 is 10.8 Å². The number of thiophene rings is 2. The number of fused-ring (bicyclic) bond motifs is 21. The van der Waals surface area contributed by atoms with Crippen molar-refractivity contribution >= 4 is 119 Å². The Labute approximate surface area is 646 Å². The number of anilines is 6. The summed E-state index contributed by atoms with van der Waals surface area (Å²) < 4.78 is 5.17. The molecule has 0 saturated carbocycles. The number of hydrogen-bond acceptors (Lipinski definition) is 4. The molecule has 0 fully saturated rings. The molecule has 20 aromatic rings. The standard InChI is InChI=1S/C106H66N2S2/c1-3-28-73(29-4-1)105(74-30-5-2-6-31-74)91-40-16-9-37-83(91)85-59-53-75(65-95(85)105)108(98-44-20-13-34-79(98)72-52-58-90-88-39-15-22-48-102(88)110-104(90)64-72)100-46-24-27-70-61-68(49-55-80(70)100)69-50-56-84-86-60-54-76(66-96(86)106(94(84)62-69)92-41-17-10-35-81(92)82-36-11-18-42-93(82)106)107(99-45-23-26-67-25-7-8-32-77(67)99)97-43-19-12-33-78(97)71-51-57-89-87-38-14-21-47-101(87)109-103(89)63-71/h1-66H. The monoisotopic (exact) mass is 1430 g/mol. The van der Waals surface area contributed by atoms with Gasteiger partial charge in [-0.2, -0.15) is 0 Å². The zero-order valence-electron chi connectivity index (χ0n) is 59.8. The van der Waals surface area contributed by atoms with Crippen LogP contribution in [0.2, 0.25) is 0 Å². The van der Waals surface area contributed by atoms with E-state index in [1.54, 1.807) is 0 Å². The first kappa shape index (κ1) is 62.7. The smallest absolute Gasteiger partial charge is 0.0726 e. The second-order valence-corrected chi connectivity index (χ2v) is 31.8. The normalized spacial score (nSPS) is 13.2. The van der Waals surface area contributed by atoms with Gasteiger partial charge < -0.3 is 9.80 Å². The topological polar surface area (TPSA) is 6.48 Å². The minimum absolute atomic E-state index is 0.600. The van der Waals surface area contributed by atoms with Gasteiger partial charge in [-0.15, -0.1) is 22.7 Å². The molecular formula is C106H66N2S2. The number of para-hydroxylation sites is 2. The van der Waals surface area contributed by atoms with Gasteiger partial charge in [0.05, 0.1) is 33.6 Å². The van der Waals surface area contributed by atoms with Crippen molar-refractivity contribution in [3.8, 4) is 66.8 Å². The molecule has 0 unspecified atom stereocenters. The average molecular weight is 1430 g/mol. The third kappa shape index (κ3) is 9.15. The molecule has 0 aliphatic heterocycles. The highest BCUT2D eigenvalue weighted by molar-refractivity contribution is 7.26. The Balaban J connectivity index is 0.703. The van der Waals surface area contributed by atoms with Crippen molar-refractivity contribution in [1.82, 2.24) is 0 Å². The van der Waals surface area contributed by atoms with Gasteiger partial charge in [0.1, 0.15) is 0 Å². The number of hydrogen-bond donors (Lipinski definition) is 0. The Kier molecular flexibility index (Phi) is 14.0. The maximum Gasteiger partial charge on any atom is 0.0726 e. The van der Waals surface area contributed by atoms with Gasteiger partial charge in [0, 0.05) is 73.6 Å². The lowest BCUT2D eigenvalue weighted by Crippen LogP contribution is -2.28. The molecule has 1 spiro atoms. The number of nitrogens with zero attached hydrogens (tertiary/aromatic N) is 2. The Morgan fingerprint density at radius 3 is 1.07 bits per heavy atom. The van der Waals surface area contributed by atoms with Gasteiger partial charge in [-0.3, -0.25) is 0 Å². The van der Waals surface area contributed by atoms with E-state index in [-0.39, 0.29) is 0 Å². The summed E-state index contributed by atoms with van der Waals surface area (Å²) in [4.78, 5) is 5.10. The van der Waals surface area contributed by atoms with Gasteiger partial charge in [0.25, 0.3) is 0 Å². The first-order valence-electron chi connectivity index (χ1n) is 38.0. The van der Waals surface area contributed by atoms with Crippen molar-refractivity contribution in [2.24, 2.45) is 0 Å². The second-order valence-electron chi connectivity index (χ2n) is 29.6. The number of benzene rings is 18. The maximum atomic E-state index is 2.56. The summed E-state index contributed by atoms with van der Waals surface area (Å²) >= 11 is 3.74. The van der Waals surface area contributed by atoms with Crippen molar-refractivity contribution in [3.63, 3.8) is 0 Å². The molecule has 2 aromatic heterocycles. The lowest BCUT2D eigenvalue weighted by Gasteiger charge is -2.35. The molecule has 512 valence electrons. The molecule has 18 aromatic carbocycles. The predicted octanol–water partition coefficient (Wildman–Crippen LogP) is 29.4. The van der Waals surface area contributed by atoms with Crippen LogP contribution in [0, 0.1) is 0 Å². The summed E-state index contributed by atoms with van der Waals surface area (Å²) in [6, 6.07) is 151. The van der Waals surface area contributed by atoms with Crippen molar-refractivity contribution in [1.29, 1.82) is 0 Å². The molecule has 0 atom stereocenters. The van der Waals surface area contributed by atoms with Crippen LogP contribution in [0.5, 0.6) is 0 Å². The zero-order chi connectivity index (χ0) is 72.2. The SMILES string of the molecule is c1ccc(C2(c3ccccc3)c3ccccc3-c3ccc(N(c4ccccc4-c4ccc5c(c4)sc4ccccc45)c4cccc5cc(-c6ccc7c(c6)C6(c8ccccc8-c8ccccc86)c6cc(N(c8ccccc8-c8ccc9c(c8)sc8ccccc89)c8cccc9ccccc89)ccc6-7)ccc45)cc32)cc1. The molecule has 0 saturated heterocycles. The summed E-state index contributed by atoms with van der Waals surface area (Å²) in [5, 5.41) is 9.88. The Hall–Kier alpha value is -13.5. The fourth-order valence-corrected chi connectivity index (χ4v) is 21.8. The highest BCUT2D eigenvalue weighted by Crippen LogP contribution is 2.65. The van der Waals surface area contributed by atoms with Crippen LogP contribution in [0.4, 0.5) is 34.1 Å². The molecule has 3 aliphatic rings. The van der Waals surface area contributed by atoms with E-state index in [1.165, 1.54) is 151 Å². The fourth-order valence-electron chi connectivity index (χ4n) is 19.5. The lowest BCUT2D eigenvalue weighted by atomic mass is 9.67. The highest BCUT2D eigenvalue weighted by atomic mass is 32.1. The van der Waals surface area contributed by atoms with E-state index in [0.717, 1.165) is 56.0 Å². The minimum Gasteiger partial charge on any atom is -0.309 e. The van der Waals surface area contributed by atoms with Crippen LogP contribution in [0.15, 0.2) is 400 Å².